The monoisotopic (exact) mass is 324 g/mol. The molecular formula is C14H17BrN2O2. The molecule has 0 atom stereocenters. The van der Waals surface area contributed by atoms with E-state index in [1.165, 1.54) is 6.39 Å². The van der Waals surface area contributed by atoms with Crippen molar-refractivity contribution in [2.75, 3.05) is 13.7 Å². The number of aromatic nitrogens is 1. The van der Waals surface area contributed by atoms with E-state index in [9.17, 15) is 0 Å². The summed E-state index contributed by atoms with van der Waals surface area (Å²) in [6, 6.07) is 5.84. The van der Waals surface area contributed by atoms with E-state index in [0.717, 1.165) is 40.2 Å². The van der Waals surface area contributed by atoms with Crippen LogP contribution in [0.4, 0.5) is 0 Å². The maximum absolute atomic E-state index is 5.52. The topological polar surface area (TPSA) is 47.3 Å². The quantitative estimate of drug-likeness (QED) is 0.824. The number of halogens is 1. The molecule has 0 fully saturated rings. The number of hydrogen-bond acceptors (Lipinski definition) is 4. The fourth-order valence-electron chi connectivity index (χ4n) is 1.85. The summed E-state index contributed by atoms with van der Waals surface area (Å²) >= 11 is 3.43. The van der Waals surface area contributed by atoms with Crippen LogP contribution in [0.15, 0.2) is 33.5 Å². The lowest BCUT2D eigenvalue weighted by molar-refractivity contribution is 0.414. The molecule has 0 radical (unpaired) electrons. The van der Waals surface area contributed by atoms with Crippen LogP contribution in [-0.4, -0.2) is 18.6 Å². The van der Waals surface area contributed by atoms with Crippen LogP contribution in [0.3, 0.4) is 0 Å². The lowest BCUT2D eigenvalue weighted by Gasteiger charge is -2.08. The Kier molecular flexibility index (Phi) is 4.99. The molecule has 1 aromatic heterocycles. The predicted octanol–water partition coefficient (Wildman–Crippen LogP) is 3.61. The van der Waals surface area contributed by atoms with Crippen molar-refractivity contribution in [3.8, 4) is 17.1 Å². The van der Waals surface area contributed by atoms with Gasteiger partial charge in [0.15, 0.2) is 12.2 Å². The first-order valence-corrected chi connectivity index (χ1v) is 7.02. The molecule has 0 amide bonds. The molecule has 1 aromatic carbocycles. The molecule has 0 spiro atoms. The van der Waals surface area contributed by atoms with Gasteiger partial charge < -0.3 is 14.5 Å². The van der Waals surface area contributed by atoms with Crippen molar-refractivity contribution in [2.45, 2.75) is 19.9 Å². The third kappa shape index (κ3) is 3.36. The van der Waals surface area contributed by atoms with Gasteiger partial charge in [-0.05, 0) is 31.2 Å². The van der Waals surface area contributed by atoms with Gasteiger partial charge in [0.1, 0.15) is 11.4 Å². The highest BCUT2D eigenvalue weighted by Crippen LogP contribution is 2.34. The Morgan fingerprint density at radius 3 is 3.00 bits per heavy atom. The van der Waals surface area contributed by atoms with Crippen molar-refractivity contribution < 1.29 is 9.15 Å². The van der Waals surface area contributed by atoms with Crippen LogP contribution >= 0.6 is 15.9 Å². The summed E-state index contributed by atoms with van der Waals surface area (Å²) < 4.78 is 11.9. The largest absolute Gasteiger partial charge is 0.496 e. The zero-order valence-corrected chi connectivity index (χ0v) is 12.7. The van der Waals surface area contributed by atoms with E-state index in [2.05, 4.69) is 33.2 Å². The van der Waals surface area contributed by atoms with Gasteiger partial charge in [-0.25, -0.2) is 4.98 Å². The van der Waals surface area contributed by atoms with Gasteiger partial charge in [-0.2, -0.15) is 0 Å². The Labute approximate surface area is 121 Å². The molecule has 2 rings (SSSR count). The third-order valence-electron chi connectivity index (χ3n) is 2.77. The zero-order chi connectivity index (χ0) is 13.7. The molecule has 1 heterocycles. The minimum atomic E-state index is 0.693. The minimum Gasteiger partial charge on any atom is -0.496 e. The molecule has 0 aliphatic rings. The second kappa shape index (κ2) is 6.73. The number of benzene rings is 1. The molecule has 0 aliphatic heterocycles. The van der Waals surface area contributed by atoms with Gasteiger partial charge in [-0.3, -0.25) is 0 Å². The first kappa shape index (κ1) is 14.1. The van der Waals surface area contributed by atoms with Gasteiger partial charge in [-0.1, -0.05) is 22.9 Å². The second-order valence-corrected chi connectivity index (χ2v) is 5.07. The minimum absolute atomic E-state index is 0.693. The van der Waals surface area contributed by atoms with Crippen LogP contribution in [0.1, 0.15) is 19.0 Å². The number of nitrogens with one attached hydrogen (secondary N) is 1. The first-order valence-electron chi connectivity index (χ1n) is 6.23. The normalized spacial score (nSPS) is 10.7. The number of hydrogen-bond donors (Lipinski definition) is 1. The molecule has 0 unspecified atom stereocenters. The van der Waals surface area contributed by atoms with Crippen molar-refractivity contribution in [3.05, 3.63) is 34.8 Å². The van der Waals surface area contributed by atoms with Gasteiger partial charge in [0.05, 0.1) is 12.7 Å². The van der Waals surface area contributed by atoms with Crippen LogP contribution in [0, 0.1) is 0 Å². The maximum Gasteiger partial charge on any atom is 0.181 e. The van der Waals surface area contributed by atoms with E-state index < -0.39 is 0 Å². The van der Waals surface area contributed by atoms with Crippen molar-refractivity contribution in [1.82, 2.24) is 10.3 Å². The molecule has 2 aromatic rings. The summed E-state index contributed by atoms with van der Waals surface area (Å²) in [4.78, 5) is 4.27. The fourth-order valence-corrected chi connectivity index (χ4v) is 2.19. The SMILES string of the molecule is CCCNCc1ncoc1-c1ccc(Br)cc1OC. The molecule has 0 aliphatic carbocycles. The average Bonchev–Trinajstić information content (AvgIpc) is 2.87. The summed E-state index contributed by atoms with van der Waals surface area (Å²) in [5, 5.41) is 3.32. The smallest absolute Gasteiger partial charge is 0.181 e. The molecule has 4 nitrogen and oxygen atoms in total. The predicted molar refractivity (Wildman–Crippen MR) is 78.2 cm³/mol. The van der Waals surface area contributed by atoms with Crippen LogP contribution < -0.4 is 10.1 Å². The molecule has 102 valence electrons. The molecule has 19 heavy (non-hydrogen) atoms. The van der Waals surface area contributed by atoms with Crippen molar-refractivity contribution >= 4 is 15.9 Å². The number of ether oxygens (including phenoxy) is 1. The Morgan fingerprint density at radius 1 is 1.42 bits per heavy atom. The Balaban J connectivity index is 2.29. The Bertz CT molecular complexity index is 540. The maximum atomic E-state index is 5.52. The highest BCUT2D eigenvalue weighted by Gasteiger charge is 2.15. The lowest BCUT2D eigenvalue weighted by atomic mass is 10.1. The van der Waals surface area contributed by atoms with Gasteiger partial charge in [0.2, 0.25) is 0 Å². The van der Waals surface area contributed by atoms with E-state index in [-0.39, 0.29) is 0 Å². The summed E-state index contributed by atoms with van der Waals surface area (Å²) in [6.45, 7) is 3.79. The second-order valence-electron chi connectivity index (χ2n) is 4.15. The number of nitrogens with zero attached hydrogens (tertiary/aromatic N) is 1. The summed E-state index contributed by atoms with van der Waals surface area (Å²) in [7, 11) is 1.65. The summed E-state index contributed by atoms with van der Waals surface area (Å²) in [5.74, 6) is 1.52. The Hall–Kier alpha value is -1.33. The third-order valence-corrected chi connectivity index (χ3v) is 3.26. The van der Waals surface area contributed by atoms with Gasteiger partial charge in [0.25, 0.3) is 0 Å². The van der Waals surface area contributed by atoms with Gasteiger partial charge in [0, 0.05) is 11.0 Å². The van der Waals surface area contributed by atoms with E-state index in [0.29, 0.717) is 6.54 Å². The summed E-state index contributed by atoms with van der Waals surface area (Å²) in [6.07, 6.45) is 2.56. The lowest BCUT2D eigenvalue weighted by Crippen LogP contribution is -2.14. The van der Waals surface area contributed by atoms with Gasteiger partial charge in [-0.15, -0.1) is 0 Å². The van der Waals surface area contributed by atoms with Crippen LogP contribution in [0.25, 0.3) is 11.3 Å². The molecular weight excluding hydrogens is 308 g/mol. The van der Waals surface area contributed by atoms with E-state index in [1.807, 2.05) is 18.2 Å². The number of methoxy groups -OCH3 is 1. The first-order chi connectivity index (χ1) is 9.26. The van der Waals surface area contributed by atoms with Crippen molar-refractivity contribution in [1.29, 1.82) is 0 Å². The van der Waals surface area contributed by atoms with Crippen LogP contribution in [0.2, 0.25) is 0 Å². The fraction of sp³-hybridized carbons (Fsp3) is 0.357. The molecule has 0 bridgehead atoms. The molecule has 0 saturated carbocycles. The Morgan fingerprint density at radius 2 is 2.26 bits per heavy atom. The summed E-state index contributed by atoms with van der Waals surface area (Å²) in [5.41, 5.74) is 1.81. The molecule has 5 heteroatoms. The van der Waals surface area contributed by atoms with Crippen LogP contribution in [-0.2, 0) is 6.54 Å². The number of rotatable bonds is 6. The van der Waals surface area contributed by atoms with Gasteiger partial charge >= 0.3 is 0 Å². The van der Waals surface area contributed by atoms with E-state index >= 15 is 0 Å². The zero-order valence-electron chi connectivity index (χ0n) is 11.1. The van der Waals surface area contributed by atoms with Crippen LogP contribution in [0.5, 0.6) is 5.75 Å². The van der Waals surface area contributed by atoms with E-state index in [4.69, 9.17) is 9.15 Å². The van der Waals surface area contributed by atoms with Crippen molar-refractivity contribution in [3.63, 3.8) is 0 Å². The van der Waals surface area contributed by atoms with E-state index in [1.54, 1.807) is 7.11 Å². The highest BCUT2D eigenvalue weighted by atomic mass is 79.9. The number of oxazole rings is 1. The molecule has 0 saturated heterocycles. The standard InChI is InChI=1S/C14H17BrN2O2/c1-3-6-16-8-12-14(19-9-17-12)11-5-4-10(15)7-13(11)18-2/h4-5,7,9,16H,3,6,8H2,1-2H3. The van der Waals surface area contributed by atoms with Crippen molar-refractivity contribution in [2.24, 2.45) is 0 Å². The molecule has 1 N–H and O–H groups in total. The highest BCUT2D eigenvalue weighted by molar-refractivity contribution is 9.10. The average molecular weight is 325 g/mol.